The van der Waals surface area contributed by atoms with E-state index in [-0.39, 0.29) is 12.7 Å². The van der Waals surface area contributed by atoms with Crippen molar-refractivity contribution >= 4 is 0 Å². The zero-order valence-electron chi connectivity index (χ0n) is 14.4. The van der Waals surface area contributed by atoms with Gasteiger partial charge < -0.3 is 10.2 Å². The number of rotatable bonds is 17. The fourth-order valence-corrected chi connectivity index (χ4v) is 2.74. The maximum atomic E-state index is 9.72. The summed E-state index contributed by atoms with van der Waals surface area (Å²) in [5, 5.41) is 18.4. The van der Waals surface area contributed by atoms with Crippen molar-refractivity contribution in [2.24, 2.45) is 0 Å². The molecule has 0 aliphatic heterocycles. The van der Waals surface area contributed by atoms with Gasteiger partial charge in [-0.25, -0.2) is 0 Å². The molecule has 0 saturated heterocycles. The molecule has 0 aromatic carbocycles. The van der Waals surface area contributed by atoms with Crippen LogP contribution in [0.5, 0.6) is 0 Å². The van der Waals surface area contributed by atoms with E-state index in [4.69, 9.17) is 5.11 Å². The van der Waals surface area contributed by atoms with Crippen LogP contribution in [0.15, 0.2) is 0 Å². The highest BCUT2D eigenvalue weighted by Gasteiger charge is 2.03. The molecule has 0 aliphatic carbocycles. The molecule has 1 unspecified atom stereocenters. The maximum absolute atomic E-state index is 9.72. The van der Waals surface area contributed by atoms with Gasteiger partial charge in [0.1, 0.15) is 0 Å². The Hall–Kier alpha value is -0.0800. The largest absolute Gasteiger partial charge is 0.396 e. The molecular formula is C19H39O2. The summed E-state index contributed by atoms with van der Waals surface area (Å²) in [7, 11) is 0. The van der Waals surface area contributed by atoms with Gasteiger partial charge in [0.25, 0.3) is 0 Å². The van der Waals surface area contributed by atoms with Crippen LogP contribution >= 0.6 is 0 Å². The lowest BCUT2D eigenvalue weighted by atomic mass is 10.0. The topological polar surface area (TPSA) is 40.5 Å². The van der Waals surface area contributed by atoms with Gasteiger partial charge in [0.2, 0.25) is 0 Å². The van der Waals surface area contributed by atoms with Crippen LogP contribution < -0.4 is 0 Å². The fourth-order valence-electron chi connectivity index (χ4n) is 2.74. The van der Waals surface area contributed by atoms with Gasteiger partial charge in [-0.2, -0.15) is 0 Å². The summed E-state index contributed by atoms with van der Waals surface area (Å²) in [5.74, 6) is 0. The van der Waals surface area contributed by atoms with Gasteiger partial charge >= 0.3 is 0 Å². The average molecular weight is 300 g/mol. The molecule has 0 amide bonds. The molecule has 21 heavy (non-hydrogen) atoms. The van der Waals surface area contributed by atoms with Gasteiger partial charge in [-0.15, -0.1) is 0 Å². The lowest BCUT2D eigenvalue weighted by Crippen LogP contribution is -2.06. The number of hydrogen-bond donors (Lipinski definition) is 2. The first-order valence-corrected chi connectivity index (χ1v) is 9.41. The van der Waals surface area contributed by atoms with Crippen LogP contribution in [0.4, 0.5) is 0 Å². The molecule has 2 heteroatoms. The van der Waals surface area contributed by atoms with Gasteiger partial charge in [-0.3, -0.25) is 0 Å². The summed E-state index contributed by atoms with van der Waals surface area (Å²) < 4.78 is 0. The Labute approximate surface area is 133 Å². The summed E-state index contributed by atoms with van der Waals surface area (Å²) in [6, 6.07) is 0. The maximum Gasteiger partial charge on any atom is 0.0543 e. The molecule has 0 rings (SSSR count). The van der Waals surface area contributed by atoms with Crippen LogP contribution in [-0.2, 0) is 0 Å². The smallest absolute Gasteiger partial charge is 0.0543 e. The minimum Gasteiger partial charge on any atom is -0.396 e. The average Bonchev–Trinajstić information content (AvgIpc) is 2.48. The summed E-state index contributed by atoms with van der Waals surface area (Å²) in [4.78, 5) is 0. The van der Waals surface area contributed by atoms with E-state index in [1.54, 1.807) is 0 Å². The summed E-state index contributed by atoms with van der Waals surface area (Å²) >= 11 is 0. The van der Waals surface area contributed by atoms with Crippen LogP contribution in [0.2, 0.25) is 0 Å². The Bertz CT molecular complexity index is 182. The van der Waals surface area contributed by atoms with Crippen molar-refractivity contribution in [3.8, 4) is 0 Å². The third kappa shape index (κ3) is 17.9. The Balaban J connectivity index is 3.05. The summed E-state index contributed by atoms with van der Waals surface area (Å²) in [6.07, 6.45) is 20.5. The van der Waals surface area contributed by atoms with Crippen LogP contribution in [0.3, 0.4) is 0 Å². The molecule has 0 aromatic rings. The molecule has 0 aromatic heterocycles. The predicted molar refractivity (Wildman–Crippen MR) is 92.3 cm³/mol. The second-order valence-corrected chi connectivity index (χ2v) is 6.37. The van der Waals surface area contributed by atoms with E-state index in [0.717, 1.165) is 19.3 Å². The number of aliphatic hydroxyl groups is 2. The van der Waals surface area contributed by atoms with Gasteiger partial charge in [-0.05, 0) is 25.7 Å². The van der Waals surface area contributed by atoms with E-state index in [1.165, 1.54) is 70.6 Å². The van der Waals surface area contributed by atoms with Crippen molar-refractivity contribution in [2.75, 3.05) is 6.61 Å². The molecule has 0 aliphatic rings. The number of unbranched alkanes of at least 4 members (excludes halogenated alkanes) is 12. The molecular weight excluding hydrogens is 260 g/mol. The quantitative estimate of drug-likeness (QED) is 0.352. The van der Waals surface area contributed by atoms with Crippen molar-refractivity contribution in [2.45, 2.75) is 109 Å². The minimum absolute atomic E-state index is 0.195. The van der Waals surface area contributed by atoms with Crippen LogP contribution in [0, 0.1) is 6.42 Å². The highest BCUT2D eigenvalue weighted by molar-refractivity contribution is 4.69. The lowest BCUT2D eigenvalue weighted by molar-refractivity contribution is 0.157. The first-order valence-electron chi connectivity index (χ1n) is 9.41. The Morgan fingerprint density at radius 1 is 0.762 bits per heavy atom. The molecule has 1 atom stereocenters. The molecule has 2 nitrogen and oxygen atoms in total. The van der Waals surface area contributed by atoms with E-state index < -0.39 is 0 Å². The molecule has 127 valence electrons. The van der Waals surface area contributed by atoms with Crippen LogP contribution in [0.25, 0.3) is 0 Å². The number of hydrogen-bond acceptors (Lipinski definition) is 2. The highest BCUT2D eigenvalue weighted by Crippen LogP contribution is 2.14. The SMILES string of the molecule is CCCCCCCCCCCCCCC(O)C[CH]CCO. The van der Waals surface area contributed by atoms with E-state index in [9.17, 15) is 5.11 Å². The van der Waals surface area contributed by atoms with Crippen LogP contribution in [0.1, 0.15) is 103 Å². The Kier molecular flexibility index (Phi) is 17.9. The first kappa shape index (κ1) is 20.9. The molecule has 0 fully saturated rings. The second-order valence-electron chi connectivity index (χ2n) is 6.37. The third-order valence-corrected chi connectivity index (χ3v) is 4.16. The number of aliphatic hydroxyl groups excluding tert-OH is 2. The molecule has 0 saturated carbocycles. The third-order valence-electron chi connectivity index (χ3n) is 4.16. The first-order chi connectivity index (χ1) is 10.3. The zero-order valence-corrected chi connectivity index (χ0v) is 14.4. The van der Waals surface area contributed by atoms with E-state index in [2.05, 4.69) is 6.92 Å². The Morgan fingerprint density at radius 3 is 1.71 bits per heavy atom. The van der Waals surface area contributed by atoms with Crippen molar-refractivity contribution in [3.63, 3.8) is 0 Å². The summed E-state index contributed by atoms with van der Waals surface area (Å²) in [5.41, 5.74) is 0. The van der Waals surface area contributed by atoms with E-state index in [0.29, 0.717) is 6.42 Å². The van der Waals surface area contributed by atoms with Crippen LogP contribution in [-0.4, -0.2) is 22.9 Å². The monoisotopic (exact) mass is 299 g/mol. The lowest BCUT2D eigenvalue weighted by Gasteiger charge is -2.09. The molecule has 2 N–H and O–H groups in total. The fraction of sp³-hybridized carbons (Fsp3) is 0.947. The van der Waals surface area contributed by atoms with Crippen molar-refractivity contribution in [1.29, 1.82) is 0 Å². The van der Waals surface area contributed by atoms with E-state index in [1.807, 2.05) is 6.42 Å². The molecule has 0 spiro atoms. The molecule has 0 bridgehead atoms. The van der Waals surface area contributed by atoms with Gasteiger partial charge in [-0.1, -0.05) is 84.0 Å². The van der Waals surface area contributed by atoms with Crippen molar-refractivity contribution < 1.29 is 10.2 Å². The molecule has 1 radical (unpaired) electrons. The van der Waals surface area contributed by atoms with Gasteiger partial charge in [0.15, 0.2) is 0 Å². The predicted octanol–water partition coefficient (Wildman–Crippen LogP) is 5.42. The Morgan fingerprint density at radius 2 is 1.24 bits per heavy atom. The van der Waals surface area contributed by atoms with Gasteiger partial charge in [0.05, 0.1) is 6.10 Å². The highest BCUT2D eigenvalue weighted by atomic mass is 16.3. The normalized spacial score (nSPS) is 12.7. The van der Waals surface area contributed by atoms with E-state index >= 15 is 0 Å². The zero-order chi connectivity index (χ0) is 15.6. The van der Waals surface area contributed by atoms with Crippen molar-refractivity contribution in [3.05, 3.63) is 6.42 Å². The summed E-state index contributed by atoms with van der Waals surface area (Å²) in [6.45, 7) is 2.47. The van der Waals surface area contributed by atoms with Gasteiger partial charge in [0, 0.05) is 6.61 Å². The minimum atomic E-state index is -0.195. The molecule has 0 heterocycles. The van der Waals surface area contributed by atoms with Crippen molar-refractivity contribution in [1.82, 2.24) is 0 Å². The standard InChI is InChI=1S/C19H39O2/c1-2-3-4-5-6-7-8-9-10-11-12-13-16-19(21)17-14-15-18-20/h14,19-21H,2-13,15-18H2,1H3. The second kappa shape index (κ2) is 18.0.